The highest BCUT2D eigenvalue weighted by molar-refractivity contribution is 5.14. The van der Waals surface area contributed by atoms with E-state index in [0.717, 1.165) is 6.54 Å². The average molecular weight is 236 g/mol. The maximum absolute atomic E-state index is 9.42. The third kappa shape index (κ3) is 2.65. The lowest BCUT2D eigenvalue weighted by Gasteiger charge is -2.43. The van der Waals surface area contributed by atoms with Gasteiger partial charge in [0.15, 0.2) is 0 Å². The lowest BCUT2D eigenvalue weighted by molar-refractivity contribution is -0.149. The number of hydrogen-bond donors (Lipinski definition) is 1. The number of hydrogen-bond acceptors (Lipinski definition) is 4. The molecule has 0 aliphatic carbocycles. The molecule has 1 aliphatic rings. The van der Waals surface area contributed by atoms with Gasteiger partial charge in [0.05, 0.1) is 25.2 Å². The van der Waals surface area contributed by atoms with Crippen molar-refractivity contribution in [2.24, 2.45) is 5.41 Å². The van der Waals surface area contributed by atoms with Crippen LogP contribution in [0.4, 0.5) is 0 Å². The van der Waals surface area contributed by atoms with Gasteiger partial charge in [0.2, 0.25) is 0 Å². The Morgan fingerprint density at radius 2 is 2.12 bits per heavy atom. The molecule has 1 aromatic heterocycles. The second-order valence-corrected chi connectivity index (χ2v) is 5.02. The van der Waals surface area contributed by atoms with E-state index in [2.05, 4.69) is 23.9 Å². The molecule has 1 unspecified atom stereocenters. The maximum Gasteiger partial charge on any atom is 0.0579 e. The summed E-state index contributed by atoms with van der Waals surface area (Å²) in [7, 11) is 2.08. The molecule has 0 radical (unpaired) electrons. The number of nitrogens with zero attached hydrogens (tertiary/aromatic N) is 2. The topological polar surface area (TPSA) is 45.6 Å². The highest BCUT2D eigenvalue weighted by Gasteiger charge is 2.39. The molecule has 4 nitrogen and oxygen atoms in total. The van der Waals surface area contributed by atoms with Crippen molar-refractivity contribution < 1.29 is 9.84 Å². The summed E-state index contributed by atoms with van der Waals surface area (Å²) in [6, 6.07) is 4.38. The predicted molar refractivity (Wildman–Crippen MR) is 65.6 cm³/mol. The van der Waals surface area contributed by atoms with Gasteiger partial charge in [-0.05, 0) is 31.7 Å². The summed E-state index contributed by atoms with van der Waals surface area (Å²) < 4.78 is 5.22. The Balaban J connectivity index is 1.98. The zero-order valence-electron chi connectivity index (χ0n) is 10.5. The second kappa shape index (κ2) is 5.12. The summed E-state index contributed by atoms with van der Waals surface area (Å²) in [5.41, 5.74) is 1.19. The fraction of sp³-hybridized carbons (Fsp3) is 0.615. The van der Waals surface area contributed by atoms with E-state index in [4.69, 9.17) is 4.74 Å². The Hall–Kier alpha value is -0.970. The van der Waals surface area contributed by atoms with Crippen molar-refractivity contribution in [1.29, 1.82) is 0 Å². The van der Waals surface area contributed by atoms with E-state index >= 15 is 0 Å². The molecule has 2 heterocycles. The molecule has 1 N–H and O–H groups in total. The Bertz CT molecular complexity index is 346. The minimum Gasteiger partial charge on any atom is -0.396 e. The van der Waals surface area contributed by atoms with Gasteiger partial charge < -0.3 is 9.84 Å². The van der Waals surface area contributed by atoms with Crippen molar-refractivity contribution in [1.82, 2.24) is 9.88 Å². The molecule has 17 heavy (non-hydrogen) atoms. The van der Waals surface area contributed by atoms with E-state index < -0.39 is 0 Å². The normalized spacial score (nSPS) is 20.0. The molecule has 1 atom stereocenters. The van der Waals surface area contributed by atoms with Crippen molar-refractivity contribution >= 4 is 0 Å². The van der Waals surface area contributed by atoms with E-state index in [9.17, 15) is 5.11 Å². The fourth-order valence-corrected chi connectivity index (χ4v) is 2.19. The second-order valence-electron chi connectivity index (χ2n) is 5.02. The number of aliphatic hydroxyl groups is 1. The van der Waals surface area contributed by atoms with Crippen LogP contribution < -0.4 is 0 Å². The molecule has 1 fully saturated rings. The van der Waals surface area contributed by atoms with Crippen molar-refractivity contribution in [3.63, 3.8) is 0 Å². The molecule has 0 bridgehead atoms. The largest absolute Gasteiger partial charge is 0.396 e. The van der Waals surface area contributed by atoms with Gasteiger partial charge >= 0.3 is 0 Å². The number of aliphatic hydroxyl groups excluding tert-OH is 1. The van der Waals surface area contributed by atoms with Crippen molar-refractivity contribution in [3.8, 4) is 0 Å². The quantitative estimate of drug-likeness (QED) is 0.831. The SMILES string of the molecule is CC(c1ccncc1)N(C)CC1(CO)COC1. The molecule has 0 spiro atoms. The van der Waals surface area contributed by atoms with Crippen LogP contribution in [0.5, 0.6) is 0 Å². The zero-order valence-corrected chi connectivity index (χ0v) is 10.5. The smallest absolute Gasteiger partial charge is 0.0579 e. The minimum absolute atomic E-state index is 0.0595. The summed E-state index contributed by atoms with van der Waals surface area (Å²) >= 11 is 0. The molecule has 94 valence electrons. The van der Waals surface area contributed by atoms with Crippen LogP contribution in [0.2, 0.25) is 0 Å². The first-order chi connectivity index (χ1) is 8.17. The van der Waals surface area contributed by atoms with Crippen LogP contribution >= 0.6 is 0 Å². The first kappa shape index (κ1) is 12.5. The molecule has 0 aromatic carbocycles. The first-order valence-corrected chi connectivity index (χ1v) is 5.96. The van der Waals surface area contributed by atoms with Crippen LogP contribution in [0.15, 0.2) is 24.5 Å². The molecule has 4 heteroatoms. The van der Waals surface area contributed by atoms with E-state index in [-0.39, 0.29) is 12.0 Å². The van der Waals surface area contributed by atoms with Gasteiger partial charge in [-0.3, -0.25) is 9.88 Å². The number of aromatic nitrogens is 1. The van der Waals surface area contributed by atoms with Gasteiger partial charge in [0.1, 0.15) is 0 Å². The Kier molecular flexibility index (Phi) is 3.76. The highest BCUT2D eigenvalue weighted by atomic mass is 16.5. The maximum atomic E-state index is 9.42. The highest BCUT2D eigenvalue weighted by Crippen LogP contribution is 2.30. The van der Waals surface area contributed by atoms with Crippen LogP contribution in [0.3, 0.4) is 0 Å². The predicted octanol–water partition coefficient (Wildman–Crippen LogP) is 1.08. The fourth-order valence-electron chi connectivity index (χ4n) is 2.19. The van der Waals surface area contributed by atoms with E-state index in [1.165, 1.54) is 5.56 Å². The number of pyridine rings is 1. The first-order valence-electron chi connectivity index (χ1n) is 5.96. The molecule has 0 saturated carbocycles. The third-order valence-corrected chi connectivity index (χ3v) is 3.59. The lowest BCUT2D eigenvalue weighted by Crippen LogP contribution is -2.52. The van der Waals surface area contributed by atoms with Crippen LogP contribution in [-0.2, 0) is 4.74 Å². The van der Waals surface area contributed by atoms with Crippen LogP contribution in [-0.4, -0.2) is 48.4 Å². The summed E-state index contributed by atoms with van der Waals surface area (Å²) in [6.45, 7) is 4.54. The lowest BCUT2D eigenvalue weighted by atomic mass is 9.86. The number of ether oxygens (including phenoxy) is 1. The Morgan fingerprint density at radius 1 is 1.47 bits per heavy atom. The van der Waals surface area contributed by atoms with Gasteiger partial charge in [-0.2, -0.15) is 0 Å². The van der Waals surface area contributed by atoms with Gasteiger partial charge in [-0.15, -0.1) is 0 Å². The summed E-state index contributed by atoms with van der Waals surface area (Å²) in [4.78, 5) is 6.28. The standard InChI is InChI=1S/C13H20N2O2/c1-11(12-3-5-14-6-4-12)15(2)7-13(8-16)9-17-10-13/h3-6,11,16H,7-10H2,1-2H3. The van der Waals surface area contributed by atoms with Gasteiger partial charge in [-0.25, -0.2) is 0 Å². The van der Waals surface area contributed by atoms with E-state index in [0.29, 0.717) is 19.3 Å². The van der Waals surface area contributed by atoms with Crippen molar-refractivity contribution in [3.05, 3.63) is 30.1 Å². The van der Waals surface area contributed by atoms with Crippen molar-refractivity contribution in [2.75, 3.05) is 33.4 Å². The van der Waals surface area contributed by atoms with Crippen LogP contribution in [0.25, 0.3) is 0 Å². The van der Waals surface area contributed by atoms with Crippen molar-refractivity contribution in [2.45, 2.75) is 13.0 Å². The molecular weight excluding hydrogens is 216 g/mol. The Morgan fingerprint density at radius 3 is 2.59 bits per heavy atom. The summed E-state index contributed by atoms with van der Waals surface area (Å²) in [5.74, 6) is 0. The van der Waals surface area contributed by atoms with Gasteiger partial charge in [0, 0.05) is 25.0 Å². The van der Waals surface area contributed by atoms with Crippen LogP contribution in [0.1, 0.15) is 18.5 Å². The molecule has 1 saturated heterocycles. The zero-order chi connectivity index (χ0) is 12.3. The summed E-state index contributed by atoms with van der Waals surface area (Å²) in [6.07, 6.45) is 3.63. The van der Waals surface area contributed by atoms with Gasteiger partial charge in [-0.1, -0.05) is 0 Å². The monoisotopic (exact) mass is 236 g/mol. The summed E-state index contributed by atoms with van der Waals surface area (Å²) in [5, 5.41) is 9.42. The Labute approximate surface area is 102 Å². The minimum atomic E-state index is -0.0595. The molecule has 2 rings (SSSR count). The molecule has 1 aromatic rings. The van der Waals surface area contributed by atoms with E-state index in [1.807, 2.05) is 24.5 Å². The third-order valence-electron chi connectivity index (χ3n) is 3.59. The van der Waals surface area contributed by atoms with Crippen LogP contribution in [0, 0.1) is 5.41 Å². The van der Waals surface area contributed by atoms with E-state index in [1.54, 1.807) is 0 Å². The average Bonchev–Trinajstić information content (AvgIpc) is 2.33. The molecule has 1 aliphatic heterocycles. The number of rotatable bonds is 5. The molecular formula is C13H20N2O2. The van der Waals surface area contributed by atoms with Gasteiger partial charge in [0.25, 0.3) is 0 Å². The molecule has 0 amide bonds.